The molecule has 0 radical (unpaired) electrons. The first-order valence-electron chi connectivity index (χ1n) is 14.4. The molecule has 3 atom stereocenters. The molecule has 236 valence electrons. The van der Waals surface area contributed by atoms with E-state index < -0.39 is 35.6 Å². The van der Waals surface area contributed by atoms with E-state index in [0.717, 1.165) is 25.2 Å². The Morgan fingerprint density at radius 3 is 2.69 bits per heavy atom. The smallest absolute Gasteiger partial charge is 0.408 e. The van der Waals surface area contributed by atoms with Crippen LogP contribution in [0.1, 0.15) is 55.6 Å². The van der Waals surface area contributed by atoms with Gasteiger partial charge in [-0.25, -0.2) is 33.3 Å². The number of nitrogens with one attached hydrogen (secondary N) is 4. The molecular weight excluding hydrogens is 590 g/mol. The number of hydrogen-bond acceptors (Lipinski definition) is 9. The predicted octanol–water partition coefficient (Wildman–Crippen LogP) is 4.18. The monoisotopic (exact) mass is 622 g/mol. The molecule has 0 spiro atoms. The number of aromatic amines is 1. The van der Waals surface area contributed by atoms with E-state index in [1.165, 1.54) is 18.3 Å². The van der Waals surface area contributed by atoms with Gasteiger partial charge in [0, 0.05) is 35.4 Å². The van der Waals surface area contributed by atoms with Crippen molar-refractivity contribution < 1.29 is 33.0 Å². The van der Waals surface area contributed by atoms with Gasteiger partial charge in [-0.15, -0.1) is 0 Å². The second kappa shape index (κ2) is 13.6. The molecule has 2 amide bonds. The molecule has 0 aliphatic heterocycles. The number of H-pyrrole nitrogens is 1. The van der Waals surface area contributed by atoms with Gasteiger partial charge in [0.1, 0.15) is 29.8 Å². The molecule has 4 heterocycles. The highest BCUT2D eigenvalue weighted by atomic mass is 19.1. The number of pyridine rings is 2. The lowest BCUT2D eigenvalue weighted by molar-refractivity contribution is -0.140. The number of fused-ring (bicyclic) bond motifs is 1. The van der Waals surface area contributed by atoms with Crippen LogP contribution >= 0.6 is 0 Å². The van der Waals surface area contributed by atoms with Gasteiger partial charge in [0.25, 0.3) is 5.91 Å². The van der Waals surface area contributed by atoms with Crippen molar-refractivity contribution in [3.63, 3.8) is 0 Å². The Bertz CT molecular complexity index is 1710. The number of aromatic nitrogens is 5. The second-order valence-electron chi connectivity index (χ2n) is 11.2. The number of carboxylic acid groups (broad SMARTS) is 1. The molecule has 0 bridgehead atoms. The van der Waals surface area contributed by atoms with E-state index in [4.69, 9.17) is 4.74 Å². The van der Waals surface area contributed by atoms with Crippen LogP contribution in [-0.2, 0) is 16.1 Å². The van der Waals surface area contributed by atoms with E-state index in [9.17, 15) is 28.3 Å². The maximum atomic E-state index is 14.7. The zero-order valence-corrected chi connectivity index (χ0v) is 24.5. The molecule has 5 rings (SSSR count). The van der Waals surface area contributed by atoms with Crippen molar-refractivity contribution in [2.24, 2.45) is 5.92 Å². The number of aliphatic carboxylic acids is 1. The number of carboxylic acids is 1. The summed E-state index contributed by atoms with van der Waals surface area (Å²) in [5, 5.41) is 18.1. The first kappa shape index (κ1) is 31.2. The number of ether oxygens (including phenoxy) is 1. The van der Waals surface area contributed by atoms with Crippen molar-refractivity contribution >= 4 is 34.8 Å². The molecule has 13 nitrogen and oxygen atoms in total. The Morgan fingerprint density at radius 2 is 1.91 bits per heavy atom. The van der Waals surface area contributed by atoms with Crippen LogP contribution in [0, 0.1) is 17.6 Å². The average molecular weight is 623 g/mol. The largest absolute Gasteiger partial charge is 0.480 e. The lowest BCUT2D eigenvalue weighted by Gasteiger charge is -2.30. The highest BCUT2D eigenvalue weighted by molar-refractivity contribution is 5.93. The van der Waals surface area contributed by atoms with Gasteiger partial charge in [0.2, 0.25) is 0 Å². The van der Waals surface area contributed by atoms with Crippen molar-refractivity contribution in [3.8, 4) is 11.4 Å². The first-order chi connectivity index (χ1) is 21.6. The molecule has 4 aromatic rings. The van der Waals surface area contributed by atoms with Crippen LogP contribution < -0.4 is 16.0 Å². The molecule has 4 aromatic heterocycles. The summed E-state index contributed by atoms with van der Waals surface area (Å²) in [6.07, 6.45) is 6.95. The molecule has 0 aromatic carbocycles. The molecule has 1 saturated carbocycles. The van der Waals surface area contributed by atoms with Gasteiger partial charge >= 0.3 is 12.1 Å². The van der Waals surface area contributed by atoms with Gasteiger partial charge < -0.3 is 30.8 Å². The van der Waals surface area contributed by atoms with Crippen molar-refractivity contribution in [1.82, 2.24) is 35.6 Å². The number of hydrogen-bond donors (Lipinski definition) is 5. The normalized spacial score (nSPS) is 17.1. The Kier molecular flexibility index (Phi) is 9.45. The van der Waals surface area contributed by atoms with Crippen LogP contribution in [-0.4, -0.2) is 66.1 Å². The van der Waals surface area contributed by atoms with Crippen molar-refractivity contribution in [2.45, 2.75) is 64.3 Å². The van der Waals surface area contributed by atoms with Crippen molar-refractivity contribution in [3.05, 3.63) is 65.9 Å². The summed E-state index contributed by atoms with van der Waals surface area (Å²) in [4.78, 5) is 55.9. The summed E-state index contributed by atoms with van der Waals surface area (Å²) in [6.45, 7) is 3.14. The van der Waals surface area contributed by atoms with Crippen LogP contribution in [0.5, 0.6) is 0 Å². The number of rotatable bonds is 10. The van der Waals surface area contributed by atoms with Gasteiger partial charge in [0.15, 0.2) is 17.5 Å². The predicted molar refractivity (Wildman–Crippen MR) is 158 cm³/mol. The van der Waals surface area contributed by atoms with Gasteiger partial charge in [-0.2, -0.15) is 0 Å². The summed E-state index contributed by atoms with van der Waals surface area (Å²) in [5.41, 5.74) is 1.55. The molecule has 0 saturated heterocycles. The standard InChI is InChI=1S/C30H32F2N8O5/c1-15(2)24(29(42)43)39-30(44)45-14-16-6-7-33-23(8-16)28(41)38-19-5-3-4-18(10-19)37-27-22(32)13-36-26(40-27)21-12-35-25-20(21)9-17(31)11-34-25/h6-9,11-13,15,18-19,24H,3-5,10,14H2,1-2H3,(H,34,35)(H,38,41)(H,39,44)(H,42,43)(H,36,37,40)/t18-,19+,24+/m0/s1. The van der Waals surface area contributed by atoms with E-state index in [0.29, 0.717) is 35.0 Å². The van der Waals surface area contributed by atoms with Crippen LogP contribution in [0.25, 0.3) is 22.4 Å². The van der Waals surface area contributed by atoms with Crippen LogP contribution in [0.15, 0.2) is 43.0 Å². The van der Waals surface area contributed by atoms with E-state index in [2.05, 4.69) is 40.9 Å². The number of carbonyl (C=O) groups excluding carboxylic acids is 2. The van der Waals surface area contributed by atoms with Crippen LogP contribution in [0.2, 0.25) is 0 Å². The van der Waals surface area contributed by atoms with E-state index in [-0.39, 0.29) is 41.9 Å². The number of alkyl carbamates (subject to hydrolysis) is 1. The Labute approximate surface area is 256 Å². The van der Waals surface area contributed by atoms with Gasteiger partial charge in [-0.05, 0) is 55.4 Å². The quantitative estimate of drug-likeness (QED) is 0.172. The average Bonchev–Trinajstić information content (AvgIpc) is 3.43. The van der Waals surface area contributed by atoms with Crippen LogP contribution in [0.4, 0.5) is 19.4 Å². The fraction of sp³-hybridized carbons (Fsp3) is 0.367. The summed E-state index contributed by atoms with van der Waals surface area (Å²) in [5.74, 6) is -2.90. The molecule has 1 fully saturated rings. The fourth-order valence-corrected chi connectivity index (χ4v) is 5.18. The third-order valence-electron chi connectivity index (χ3n) is 7.47. The Hall–Kier alpha value is -5.21. The summed E-state index contributed by atoms with van der Waals surface area (Å²) in [7, 11) is 0. The number of nitrogens with zero attached hydrogens (tertiary/aromatic N) is 4. The van der Waals surface area contributed by atoms with E-state index in [1.807, 2.05) is 0 Å². The van der Waals surface area contributed by atoms with Crippen molar-refractivity contribution in [1.29, 1.82) is 0 Å². The number of halogens is 2. The molecule has 5 N–H and O–H groups in total. The number of carbonyl (C=O) groups is 3. The van der Waals surface area contributed by atoms with E-state index >= 15 is 0 Å². The zero-order chi connectivity index (χ0) is 32.1. The summed E-state index contributed by atoms with van der Waals surface area (Å²) in [6, 6.07) is 2.85. The highest BCUT2D eigenvalue weighted by Crippen LogP contribution is 2.28. The SMILES string of the molecule is CC(C)[C@@H](NC(=O)OCc1ccnc(C(=O)N[C@@H]2CCC[C@H](Nc3nc(-c4c[nH]c5ncc(F)cc45)ncc3F)C2)c1)C(=O)O. The molecule has 45 heavy (non-hydrogen) atoms. The summed E-state index contributed by atoms with van der Waals surface area (Å²) < 4.78 is 33.7. The minimum absolute atomic E-state index is 0.00263. The highest BCUT2D eigenvalue weighted by Gasteiger charge is 2.26. The molecule has 1 aliphatic carbocycles. The lowest BCUT2D eigenvalue weighted by Crippen LogP contribution is -2.44. The Morgan fingerprint density at radius 1 is 1.11 bits per heavy atom. The number of anilines is 1. The third-order valence-corrected chi connectivity index (χ3v) is 7.47. The minimum atomic E-state index is -1.17. The maximum absolute atomic E-state index is 14.7. The van der Waals surface area contributed by atoms with Crippen molar-refractivity contribution in [2.75, 3.05) is 5.32 Å². The zero-order valence-electron chi connectivity index (χ0n) is 24.5. The molecule has 15 heteroatoms. The fourth-order valence-electron chi connectivity index (χ4n) is 5.18. The number of amides is 2. The Balaban J connectivity index is 1.18. The third kappa shape index (κ3) is 7.66. The van der Waals surface area contributed by atoms with E-state index in [1.54, 1.807) is 26.1 Å². The summed E-state index contributed by atoms with van der Waals surface area (Å²) >= 11 is 0. The van der Waals surface area contributed by atoms with Gasteiger partial charge in [0.05, 0.1) is 12.4 Å². The van der Waals surface area contributed by atoms with Gasteiger partial charge in [-0.3, -0.25) is 9.78 Å². The first-order valence-corrected chi connectivity index (χ1v) is 14.4. The second-order valence-corrected chi connectivity index (χ2v) is 11.2. The molecular formula is C30H32F2N8O5. The van der Waals surface area contributed by atoms with Gasteiger partial charge in [-0.1, -0.05) is 13.8 Å². The topological polar surface area (TPSA) is 184 Å². The lowest BCUT2D eigenvalue weighted by atomic mass is 9.91. The minimum Gasteiger partial charge on any atom is -0.480 e. The van der Waals surface area contributed by atoms with Crippen LogP contribution in [0.3, 0.4) is 0 Å². The molecule has 1 aliphatic rings. The molecule has 0 unspecified atom stereocenters. The maximum Gasteiger partial charge on any atom is 0.408 e.